The first-order chi connectivity index (χ1) is 14.4. The van der Waals surface area contributed by atoms with Crippen molar-refractivity contribution < 1.29 is 15.1 Å². The summed E-state index contributed by atoms with van der Waals surface area (Å²) in [7, 11) is 0. The van der Waals surface area contributed by atoms with Gasteiger partial charge in [-0.3, -0.25) is 0 Å². The van der Waals surface area contributed by atoms with Gasteiger partial charge in [0.2, 0.25) is 0 Å². The molecule has 1 heterocycles. The summed E-state index contributed by atoms with van der Waals surface area (Å²) in [5.74, 6) is 2.43. The second-order valence-corrected chi connectivity index (χ2v) is 11.7. The number of nitrogens with one attached hydrogen (secondary N) is 1. The van der Waals surface area contributed by atoms with Gasteiger partial charge in [0.15, 0.2) is 0 Å². The van der Waals surface area contributed by atoms with Gasteiger partial charge < -0.3 is 20.4 Å². The SMILES string of the molecule is CC[C@H]1/C(=N/O[C@@H]2CCNC2)CC[C@@]2(C)C1[C@H](O)C[C@H]1[C@@H]3CC[C@H](O)[C@@]3(C)CC[C@@H]12. The van der Waals surface area contributed by atoms with Crippen LogP contribution < -0.4 is 5.32 Å². The fraction of sp³-hybridized carbons (Fsp3) is 0.960. The van der Waals surface area contributed by atoms with Crippen molar-refractivity contribution in [3.05, 3.63) is 0 Å². The van der Waals surface area contributed by atoms with Crippen molar-refractivity contribution in [3.8, 4) is 0 Å². The van der Waals surface area contributed by atoms with Gasteiger partial charge in [-0.25, -0.2) is 0 Å². The van der Waals surface area contributed by atoms with Crippen LogP contribution >= 0.6 is 0 Å². The minimum Gasteiger partial charge on any atom is -0.393 e. The minimum atomic E-state index is -0.264. The van der Waals surface area contributed by atoms with Crippen LogP contribution in [0.2, 0.25) is 0 Å². The molecule has 0 amide bonds. The van der Waals surface area contributed by atoms with Gasteiger partial charge in [0.1, 0.15) is 6.10 Å². The lowest BCUT2D eigenvalue weighted by Gasteiger charge is -2.63. The zero-order valence-electron chi connectivity index (χ0n) is 19.1. The highest BCUT2D eigenvalue weighted by atomic mass is 16.6. The Bertz CT molecular complexity index is 677. The topological polar surface area (TPSA) is 74.1 Å². The average Bonchev–Trinajstić information content (AvgIpc) is 3.34. The molecule has 0 radical (unpaired) electrons. The van der Waals surface area contributed by atoms with Gasteiger partial charge >= 0.3 is 0 Å². The van der Waals surface area contributed by atoms with Crippen LogP contribution in [-0.2, 0) is 4.84 Å². The van der Waals surface area contributed by atoms with Crippen molar-refractivity contribution in [2.75, 3.05) is 13.1 Å². The van der Waals surface area contributed by atoms with E-state index in [1.807, 2.05) is 0 Å². The Morgan fingerprint density at radius 2 is 1.87 bits per heavy atom. The van der Waals surface area contributed by atoms with E-state index in [4.69, 9.17) is 4.84 Å². The lowest BCUT2D eigenvalue weighted by Crippen LogP contribution is -2.60. The van der Waals surface area contributed by atoms with Crippen LogP contribution in [0.15, 0.2) is 5.16 Å². The Morgan fingerprint density at radius 1 is 1.07 bits per heavy atom. The molecule has 0 bridgehead atoms. The summed E-state index contributed by atoms with van der Waals surface area (Å²) >= 11 is 0. The molecule has 5 heteroatoms. The second kappa shape index (κ2) is 7.74. The fourth-order valence-corrected chi connectivity index (χ4v) is 8.85. The van der Waals surface area contributed by atoms with Crippen molar-refractivity contribution in [1.29, 1.82) is 0 Å². The number of oxime groups is 1. The first kappa shape index (κ1) is 21.2. The highest BCUT2D eigenvalue weighted by Crippen LogP contribution is 2.66. The van der Waals surface area contributed by atoms with E-state index >= 15 is 0 Å². The first-order valence-corrected chi connectivity index (χ1v) is 12.7. The molecule has 170 valence electrons. The maximum atomic E-state index is 11.5. The summed E-state index contributed by atoms with van der Waals surface area (Å²) in [6, 6.07) is 0. The Kier molecular flexibility index (Phi) is 5.47. The molecule has 4 saturated carbocycles. The Morgan fingerprint density at radius 3 is 2.60 bits per heavy atom. The van der Waals surface area contributed by atoms with Crippen LogP contribution in [0.5, 0.6) is 0 Å². The predicted molar refractivity (Wildman–Crippen MR) is 118 cm³/mol. The molecule has 5 rings (SSSR count). The summed E-state index contributed by atoms with van der Waals surface area (Å²) in [5.41, 5.74) is 1.44. The number of rotatable bonds is 3. The number of hydrogen-bond donors (Lipinski definition) is 3. The third kappa shape index (κ3) is 3.09. The molecule has 3 N–H and O–H groups in total. The van der Waals surface area contributed by atoms with Gasteiger partial charge in [-0.2, -0.15) is 0 Å². The highest BCUT2D eigenvalue weighted by Gasteiger charge is 2.63. The second-order valence-electron chi connectivity index (χ2n) is 11.7. The molecule has 30 heavy (non-hydrogen) atoms. The van der Waals surface area contributed by atoms with Gasteiger partial charge in [0.25, 0.3) is 0 Å². The number of aliphatic hydroxyl groups excluding tert-OH is 2. The largest absolute Gasteiger partial charge is 0.393 e. The van der Waals surface area contributed by atoms with Gasteiger partial charge in [0.05, 0.1) is 17.9 Å². The summed E-state index contributed by atoms with van der Waals surface area (Å²) in [4.78, 5) is 5.93. The molecule has 5 nitrogen and oxygen atoms in total. The number of fused-ring (bicyclic) bond motifs is 5. The average molecular weight is 419 g/mol. The van der Waals surface area contributed by atoms with E-state index in [-0.39, 0.29) is 35.1 Å². The van der Waals surface area contributed by atoms with Gasteiger partial charge in [-0.05, 0) is 92.4 Å². The molecule has 5 aliphatic rings. The van der Waals surface area contributed by atoms with Crippen LogP contribution in [0.1, 0.15) is 78.6 Å². The zero-order valence-corrected chi connectivity index (χ0v) is 19.1. The van der Waals surface area contributed by atoms with Crippen molar-refractivity contribution >= 4 is 5.71 Å². The number of aliphatic hydroxyl groups is 2. The number of hydrogen-bond acceptors (Lipinski definition) is 5. The van der Waals surface area contributed by atoms with Crippen molar-refractivity contribution in [2.45, 2.75) is 96.9 Å². The Hall–Kier alpha value is -0.650. The molecule has 0 aromatic rings. The molecule has 5 fully saturated rings. The molecule has 1 aliphatic heterocycles. The predicted octanol–water partition coefficient (Wildman–Crippen LogP) is 3.73. The minimum absolute atomic E-state index is 0.0681. The molecule has 0 spiro atoms. The quantitative estimate of drug-likeness (QED) is 0.611. The van der Waals surface area contributed by atoms with E-state index in [2.05, 4.69) is 31.2 Å². The van der Waals surface area contributed by atoms with E-state index in [9.17, 15) is 10.2 Å². The van der Waals surface area contributed by atoms with E-state index in [1.165, 1.54) is 12.1 Å². The van der Waals surface area contributed by atoms with Crippen LogP contribution in [0.25, 0.3) is 0 Å². The maximum absolute atomic E-state index is 11.5. The standard InChI is InChI=1S/C25H42N2O3/c1-4-16-20(27-30-15-9-12-26-14-15)8-11-25(3)19-7-10-24(2)18(5-6-22(24)29)17(19)13-21(28)23(16)25/h15-19,21-23,26,28-29H,4-14H2,1-3H3/b27-20+/t15-,16+,17+,18+,19+,21-,22+,23?,24+,25-/m1/s1. The van der Waals surface area contributed by atoms with E-state index < -0.39 is 0 Å². The molecule has 1 unspecified atom stereocenters. The summed E-state index contributed by atoms with van der Waals surface area (Å²) < 4.78 is 0. The third-order valence-electron chi connectivity index (χ3n) is 10.5. The van der Waals surface area contributed by atoms with Crippen LogP contribution in [0, 0.1) is 40.4 Å². The number of nitrogens with zero attached hydrogens (tertiary/aromatic N) is 1. The summed E-state index contributed by atoms with van der Waals surface area (Å²) in [6.07, 6.45) is 9.32. The van der Waals surface area contributed by atoms with Crippen molar-refractivity contribution in [3.63, 3.8) is 0 Å². The van der Waals surface area contributed by atoms with Crippen LogP contribution in [-0.4, -0.2) is 47.3 Å². The summed E-state index contributed by atoms with van der Waals surface area (Å²) in [6.45, 7) is 8.97. The lowest BCUT2D eigenvalue weighted by atomic mass is 9.43. The molecule has 0 aromatic heterocycles. The van der Waals surface area contributed by atoms with Gasteiger partial charge in [0, 0.05) is 18.9 Å². The molecule has 4 aliphatic carbocycles. The molecule has 0 aromatic carbocycles. The van der Waals surface area contributed by atoms with Gasteiger partial charge in [-0.1, -0.05) is 25.9 Å². The monoisotopic (exact) mass is 418 g/mol. The van der Waals surface area contributed by atoms with Crippen LogP contribution in [0.3, 0.4) is 0 Å². The smallest absolute Gasteiger partial charge is 0.141 e. The molecular formula is C25H42N2O3. The zero-order chi connectivity index (χ0) is 21.1. The Balaban J connectivity index is 1.40. The third-order valence-corrected chi connectivity index (χ3v) is 10.5. The maximum Gasteiger partial charge on any atom is 0.141 e. The Labute approximate surface area is 182 Å². The van der Waals surface area contributed by atoms with E-state index in [0.29, 0.717) is 23.7 Å². The molecule has 1 saturated heterocycles. The fourth-order valence-electron chi connectivity index (χ4n) is 8.85. The summed E-state index contributed by atoms with van der Waals surface area (Å²) in [5, 5.41) is 30.2. The van der Waals surface area contributed by atoms with Crippen LogP contribution in [0.4, 0.5) is 0 Å². The van der Waals surface area contributed by atoms with Gasteiger partial charge in [-0.15, -0.1) is 0 Å². The van der Waals surface area contributed by atoms with Crippen molar-refractivity contribution in [2.24, 2.45) is 45.6 Å². The van der Waals surface area contributed by atoms with Crippen molar-refractivity contribution in [1.82, 2.24) is 5.32 Å². The lowest BCUT2D eigenvalue weighted by molar-refractivity contribution is -0.164. The van der Waals surface area contributed by atoms with E-state index in [1.54, 1.807) is 0 Å². The molecular weight excluding hydrogens is 376 g/mol. The van der Waals surface area contributed by atoms with E-state index in [0.717, 1.165) is 64.5 Å². The highest BCUT2D eigenvalue weighted by molar-refractivity contribution is 5.87. The molecule has 10 atom stereocenters. The normalized spacial score (nSPS) is 54.5. The first-order valence-electron chi connectivity index (χ1n) is 12.7.